The van der Waals surface area contributed by atoms with E-state index in [4.69, 9.17) is 9.47 Å². The Labute approximate surface area is 174 Å². The molecule has 29 heavy (non-hydrogen) atoms. The van der Waals surface area contributed by atoms with E-state index < -0.39 is 30.2 Å². The Kier molecular flexibility index (Phi) is 7.84. The first-order valence-corrected chi connectivity index (χ1v) is 10.7. The van der Waals surface area contributed by atoms with Crippen LogP contribution in [0, 0.1) is 0 Å². The van der Waals surface area contributed by atoms with Crippen molar-refractivity contribution in [2.45, 2.75) is 82.6 Å². The number of rotatable bonds is 10. The van der Waals surface area contributed by atoms with E-state index in [1.165, 1.54) is 11.1 Å². The van der Waals surface area contributed by atoms with E-state index in [0.29, 0.717) is 12.8 Å². The second kappa shape index (κ2) is 10.4. The smallest absolute Gasteiger partial charge is 0.164 e. The first-order chi connectivity index (χ1) is 13.9. The van der Waals surface area contributed by atoms with Crippen LogP contribution in [-0.2, 0) is 22.3 Å². The standard InChI is InChI=1S/C25H34O4/c1-25(2)28-23(21(26)17-9-15-19-11-5-3-6-12-19)24(29-25)22(27)18-10-16-20-13-7-4-8-14-20/h3-8,11-14,21-24,26-27H,9-10,15-18H2,1-2H3/t21-,22?,23-,24?/m1/s1. The average molecular weight is 399 g/mol. The molecule has 0 bridgehead atoms. The molecule has 2 aromatic rings. The van der Waals surface area contributed by atoms with E-state index in [-0.39, 0.29) is 0 Å². The Hall–Kier alpha value is -1.72. The fourth-order valence-electron chi connectivity index (χ4n) is 4.06. The number of hydrogen-bond donors (Lipinski definition) is 2. The van der Waals surface area contributed by atoms with Gasteiger partial charge in [0.25, 0.3) is 0 Å². The summed E-state index contributed by atoms with van der Waals surface area (Å²) < 4.78 is 12.0. The summed E-state index contributed by atoms with van der Waals surface area (Å²) in [7, 11) is 0. The second-order valence-corrected chi connectivity index (χ2v) is 8.46. The monoisotopic (exact) mass is 398 g/mol. The molecule has 1 heterocycles. The normalized spacial score (nSPS) is 23.0. The molecule has 1 aliphatic rings. The molecule has 1 fully saturated rings. The Morgan fingerprint density at radius 1 is 0.724 bits per heavy atom. The lowest BCUT2D eigenvalue weighted by Crippen LogP contribution is -2.42. The molecule has 1 saturated heterocycles. The van der Waals surface area contributed by atoms with Crippen LogP contribution < -0.4 is 0 Å². The number of hydrogen-bond acceptors (Lipinski definition) is 4. The van der Waals surface area contributed by atoms with E-state index in [9.17, 15) is 10.2 Å². The van der Waals surface area contributed by atoms with Gasteiger partial charge in [0.15, 0.2) is 5.79 Å². The Balaban J connectivity index is 1.50. The Bertz CT molecular complexity index is 655. The van der Waals surface area contributed by atoms with Crippen LogP contribution in [0.3, 0.4) is 0 Å². The van der Waals surface area contributed by atoms with E-state index in [0.717, 1.165) is 25.7 Å². The predicted molar refractivity (Wildman–Crippen MR) is 115 cm³/mol. The molecule has 0 aliphatic carbocycles. The van der Waals surface area contributed by atoms with Crippen LogP contribution in [0.1, 0.15) is 50.7 Å². The zero-order chi connectivity index (χ0) is 20.7. The summed E-state index contributed by atoms with van der Waals surface area (Å²) in [4.78, 5) is 0. The lowest BCUT2D eigenvalue weighted by atomic mass is 9.95. The molecule has 2 unspecified atom stereocenters. The van der Waals surface area contributed by atoms with E-state index in [2.05, 4.69) is 24.3 Å². The van der Waals surface area contributed by atoms with Crippen molar-refractivity contribution in [3.63, 3.8) is 0 Å². The number of aliphatic hydroxyl groups excluding tert-OH is 2. The summed E-state index contributed by atoms with van der Waals surface area (Å²) in [6, 6.07) is 20.5. The molecule has 2 N–H and O–H groups in total. The summed E-state index contributed by atoms with van der Waals surface area (Å²) in [6.07, 6.45) is 2.46. The number of ether oxygens (including phenoxy) is 2. The van der Waals surface area contributed by atoms with Crippen molar-refractivity contribution in [3.05, 3.63) is 71.8 Å². The van der Waals surface area contributed by atoms with Crippen molar-refractivity contribution in [2.75, 3.05) is 0 Å². The van der Waals surface area contributed by atoms with Crippen molar-refractivity contribution in [1.82, 2.24) is 0 Å². The number of aliphatic hydroxyl groups is 2. The van der Waals surface area contributed by atoms with Gasteiger partial charge in [-0.3, -0.25) is 0 Å². The van der Waals surface area contributed by atoms with Crippen molar-refractivity contribution in [3.8, 4) is 0 Å². The SMILES string of the molecule is CC1(C)OC(C(O)CCCc2ccccc2)[C@@H]([C@H](O)CCCc2ccccc2)O1. The molecule has 4 nitrogen and oxygen atoms in total. The molecule has 2 aromatic carbocycles. The van der Waals surface area contributed by atoms with Crippen LogP contribution in [0.25, 0.3) is 0 Å². The highest BCUT2D eigenvalue weighted by molar-refractivity contribution is 5.15. The van der Waals surface area contributed by atoms with Gasteiger partial charge in [0.1, 0.15) is 12.2 Å². The van der Waals surface area contributed by atoms with Crippen LogP contribution >= 0.6 is 0 Å². The van der Waals surface area contributed by atoms with Gasteiger partial charge in [-0.1, -0.05) is 60.7 Å². The molecule has 4 atom stereocenters. The van der Waals surface area contributed by atoms with E-state index in [1.807, 2.05) is 50.2 Å². The highest BCUT2D eigenvalue weighted by Gasteiger charge is 2.47. The fourth-order valence-corrected chi connectivity index (χ4v) is 4.06. The van der Waals surface area contributed by atoms with Gasteiger partial charge in [-0.2, -0.15) is 0 Å². The van der Waals surface area contributed by atoms with Crippen molar-refractivity contribution < 1.29 is 19.7 Å². The summed E-state index contributed by atoms with van der Waals surface area (Å²) in [5, 5.41) is 21.5. The minimum absolute atomic E-state index is 0.507. The van der Waals surface area contributed by atoms with Crippen LogP contribution in [0.15, 0.2) is 60.7 Å². The third-order valence-electron chi connectivity index (χ3n) is 5.54. The van der Waals surface area contributed by atoms with Crippen LogP contribution in [0.2, 0.25) is 0 Å². The van der Waals surface area contributed by atoms with Crippen LogP contribution in [0.5, 0.6) is 0 Å². The number of benzene rings is 2. The van der Waals surface area contributed by atoms with Gasteiger partial charge in [-0.05, 0) is 63.5 Å². The maximum atomic E-state index is 10.8. The van der Waals surface area contributed by atoms with Gasteiger partial charge in [0.2, 0.25) is 0 Å². The lowest BCUT2D eigenvalue weighted by molar-refractivity contribution is -0.161. The molecule has 0 saturated carbocycles. The maximum absolute atomic E-state index is 10.8. The molecular formula is C25H34O4. The molecule has 1 aliphatic heterocycles. The topological polar surface area (TPSA) is 58.9 Å². The molecule has 0 aromatic heterocycles. The highest BCUT2D eigenvalue weighted by atomic mass is 16.8. The second-order valence-electron chi connectivity index (χ2n) is 8.46. The zero-order valence-corrected chi connectivity index (χ0v) is 17.5. The van der Waals surface area contributed by atoms with Crippen molar-refractivity contribution in [2.24, 2.45) is 0 Å². The van der Waals surface area contributed by atoms with Crippen LogP contribution in [-0.4, -0.2) is 40.4 Å². The Morgan fingerprint density at radius 3 is 1.48 bits per heavy atom. The summed E-state index contributed by atoms with van der Waals surface area (Å²) >= 11 is 0. The molecule has 3 rings (SSSR count). The first kappa shape index (κ1) is 22.0. The third kappa shape index (κ3) is 6.65. The van der Waals surface area contributed by atoms with Gasteiger partial charge in [-0.15, -0.1) is 0 Å². The summed E-state index contributed by atoms with van der Waals surface area (Å²) in [5.41, 5.74) is 2.53. The average Bonchev–Trinajstić information content (AvgIpc) is 3.05. The summed E-state index contributed by atoms with van der Waals surface area (Å²) in [5.74, 6) is -0.795. The maximum Gasteiger partial charge on any atom is 0.164 e. The van der Waals surface area contributed by atoms with Crippen LogP contribution in [0.4, 0.5) is 0 Å². The zero-order valence-electron chi connectivity index (χ0n) is 17.5. The Morgan fingerprint density at radius 2 is 1.10 bits per heavy atom. The van der Waals surface area contributed by atoms with Gasteiger partial charge in [0, 0.05) is 0 Å². The molecule has 158 valence electrons. The molecule has 0 radical (unpaired) electrons. The third-order valence-corrected chi connectivity index (χ3v) is 5.54. The van der Waals surface area contributed by atoms with Gasteiger partial charge < -0.3 is 19.7 Å². The fraction of sp³-hybridized carbons (Fsp3) is 0.520. The van der Waals surface area contributed by atoms with E-state index >= 15 is 0 Å². The summed E-state index contributed by atoms with van der Waals surface area (Å²) in [6.45, 7) is 3.68. The molecular weight excluding hydrogens is 364 g/mol. The van der Waals surface area contributed by atoms with Crippen molar-refractivity contribution >= 4 is 0 Å². The van der Waals surface area contributed by atoms with Gasteiger partial charge >= 0.3 is 0 Å². The van der Waals surface area contributed by atoms with Gasteiger partial charge in [-0.25, -0.2) is 0 Å². The van der Waals surface area contributed by atoms with Gasteiger partial charge in [0.05, 0.1) is 12.2 Å². The predicted octanol–water partition coefficient (Wildman–Crippen LogP) is 4.27. The highest BCUT2D eigenvalue weighted by Crippen LogP contribution is 2.34. The molecule has 0 spiro atoms. The van der Waals surface area contributed by atoms with E-state index in [1.54, 1.807) is 0 Å². The minimum Gasteiger partial charge on any atom is -0.390 e. The molecule has 4 heteroatoms. The first-order valence-electron chi connectivity index (χ1n) is 10.7. The minimum atomic E-state index is -0.795. The molecule has 0 amide bonds. The van der Waals surface area contributed by atoms with Crippen molar-refractivity contribution in [1.29, 1.82) is 0 Å². The quantitative estimate of drug-likeness (QED) is 0.627. The largest absolute Gasteiger partial charge is 0.390 e. The number of aryl methyl sites for hydroxylation is 2. The lowest BCUT2D eigenvalue weighted by Gasteiger charge is -2.26.